The molecule has 17 nitrogen and oxygen atoms in total. The molecule has 6 heterocycles. The molecule has 2 saturated heterocycles. The predicted octanol–water partition coefficient (Wildman–Crippen LogP) is 3.55. The Bertz CT molecular complexity index is 2910. The second-order valence-corrected chi connectivity index (χ2v) is 26.4. The molecule has 6 bridgehead atoms. The standard InChI is InChI=1S/C53H72F3N9O8Si2/c1-31(2)43(62(10)47(69)51(74)20-23-63(28-51)41(66)17-19-50(6,7)61(8)9)45(67)59-37-25-40-58-27-39(73-40)33-15-16-38-35(24-33)36(26-49(4,5)30-72-48(70)52(75)18-13-22-65(60-52)46(37)68)44(64(38)29-53(54,55)56)34-14-12-21-57-42(34)32(3)71-11/h12,14-16,21,24,27,31-32,37,43,60H,13,18,20,22-23,25-26,28-30H2,1-11,74-75H3,(H,59,67)/t32-,37-,43-,51?,52-/m0/s1. The number of benzene rings is 1. The average Bonchev–Trinajstić information content (AvgIpc) is 4.06. The number of carbonyl (C=O) groups is 5. The third-order valence-electron chi connectivity index (χ3n) is 15.1. The minimum Gasteiger partial charge on any atom is -0.464 e. The molecular formula is C53H72F3N9O8Si2. The summed E-state index contributed by atoms with van der Waals surface area (Å²) in [5, 5.41) is 2.61. The van der Waals surface area contributed by atoms with Crippen molar-refractivity contribution in [2.75, 3.05) is 54.5 Å². The minimum absolute atomic E-state index is 0.0699. The molecule has 2 N–H and O–H groups in total. The number of amides is 4. The van der Waals surface area contributed by atoms with Gasteiger partial charge in [-0.05, 0) is 108 Å². The molecule has 0 spiro atoms. The summed E-state index contributed by atoms with van der Waals surface area (Å²) in [6, 6.07) is 6.06. The van der Waals surface area contributed by atoms with Crippen LogP contribution in [0.2, 0.25) is 5.04 Å². The number of methoxy groups -OCH3 is 1. The molecule has 3 aliphatic heterocycles. The van der Waals surface area contributed by atoms with E-state index in [1.54, 1.807) is 69.2 Å². The Morgan fingerprint density at radius 1 is 1.05 bits per heavy atom. The minimum atomic E-state index is -4.62. The van der Waals surface area contributed by atoms with Gasteiger partial charge in [0.05, 0.1) is 47.3 Å². The van der Waals surface area contributed by atoms with Crippen molar-refractivity contribution >= 4 is 61.0 Å². The Morgan fingerprint density at radius 2 is 1.77 bits per heavy atom. The lowest BCUT2D eigenvalue weighted by atomic mass is 9.84. The van der Waals surface area contributed by atoms with Gasteiger partial charge in [-0.2, -0.15) is 13.2 Å². The molecule has 75 heavy (non-hydrogen) atoms. The van der Waals surface area contributed by atoms with Crippen molar-refractivity contribution in [2.24, 2.45) is 11.3 Å². The Balaban J connectivity index is 1.27. The van der Waals surface area contributed by atoms with Gasteiger partial charge in [0.25, 0.3) is 11.8 Å². The number of hydrazine groups is 1. The van der Waals surface area contributed by atoms with Gasteiger partial charge in [-0.15, -0.1) is 0 Å². The number of nitrogens with zero attached hydrogens (tertiary/aromatic N) is 7. The maximum Gasteiger partial charge on any atom is 0.406 e. The van der Waals surface area contributed by atoms with Crippen molar-refractivity contribution in [1.29, 1.82) is 0 Å². The number of carbonyl (C=O) groups excluding carboxylic acids is 5. The zero-order valence-corrected chi connectivity index (χ0v) is 49.5. The molecule has 2 fully saturated rings. The van der Waals surface area contributed by atoms with Gasteiger partial charge in [0.1, 0.15) is 23.8 Å². The van der Waals surface area contributed by atoms with E-state index in [4.69, 9.17) is 13.9 Å². The Morgan fingerprint density at radius 3 is 2.44 bits per heavy atom. The fourth-order valence-corrected chi connectivity index (χ4v) is 12.0. The van der Waals surface area contributed by atoms with Crippen LogP contribution in [0.1, 0.15) is 91.0 Å². The van der Waals surface area contributed by atoms with Crippen LogP contribution in [0.5, 0.6) is 0 Å². The van der Waals surface area contributed by atoms with E-state index >= 15 is 0 Å². The lowest BCUT2D eigenvalue weighted by Gasteiger charge is -2.42. The number of esters is 1. The van der Waals surface area contributed by atoms with Crippen molar-refractivity contribution in [1.82, 2.24) is 45.0 Å². The van der Waals surface area contributed by atoms with Crippen molar-refractivity contribution in [2.45, 2.75) is 127 Å². The molecule has 406 valence electrons. The molecule has 4 amide bonds. The van der Waals surface area contributed by atoms with E-state index in [1.165, 1.54) is 27.8 Å². The van der Waals surface area contributed by atoms with Gasteiger partial charge in [0, 0.05) is 87.9 Å². The number of likely N-dealkylation sites (N-methyl/N-ethyl adjacent to an activating group) is 1. The quantitative estimate of drug-likeness (QED) is 0.134. The largest absolute Gasteiger partial charge is 0.464 e. The second-order valence-electron chi connectivity index (χ2n) is 22.8. The summed E-state index contributed by atoms with van der Waals surface area (Å²) in [7, 11) is 7.42. The molecule has 22 heteroatoms. The summed E-state index contributed by atoms with van der Waals surface area (Å²) in [6.07, 6.45) is -1.04. The number of alkyl halides is 3. The number of hydrogen-bond acceptors (Lipinski definition) is 12. The molecule has 5 atom stereocenters. The number of hydrogen-bond donors (Lipinski definition) is 2. The summed E-state index contributed by atoms with van der Waals surface area (Å²) < 4.78 is 63.6. The Hall–Kier alpha value is -5.87. The Kier molecular flexibility index (Phi) is 16.4. The van der Waals surface area contributed by atoms with Gasteiger partial charge in [-0.1, -0.05) is 33.6 Å². The second kappa shape index (κ2) is 21.6. The molecule has 3 aliphatic rings. The van der Waals surface area contributed by atoms with E-state index in [0.717, 1.165) is 0 Å². The van der Waals surface area contributed by atoms with Crippen LogP contribution >= 0.6 is 0 Å². The van der Waals surface area contributed by atoms with Crippen LogP contribution in [-0.4, -0.2) is 168 Å². The first kappa shape index (κ1) is 56.9. The molecule has 4 aromatic rings. The summed E-state index contributed by atoms with van der Waals surface area (Å²) in [6.45, 7) is 12.2. The Labute approximate surface area is 442 Å². The average molecular weight is 1080 g/mol. The summed E-state index contributed by atoms with van der Waals surface area (Å²) >= 11 is 0. The number of likely N-dealkylation sites (tertiary alicyclic amines) is 1. The summed E-state index contributed by atoms with van der Waals surface area (Å²) in [5.74, 6) is 3.27. The van der Waals surface area contributed by atoms with Gasteiger partial charge < -0.3 is 33.6 Å². The van der Waals surface area contributed by atoms with Crippen LogP contribution in [0, 0.1) is 23.2 Å². The number of halogens is 3. The van der Waals surface area contributed by atoms with Crippen LogP contribution in [0.4, 0.5) is 13.2 Å². The van der Waals surface area contributed by atoms with E-state index in [1.807, 2.05) is 46.7 Å². The van der Waals surface area contributed by atoms with E-state index in [-0.39, 0.29) is 66.2 Å². The van der Waals surface area contributed by atoms with Gasteiger partial charge in [-0.3, -0.25) is 38.9 Å². The number of oxazole rings is 1. The fourth-order valence-electron chi connectivity index (χ4n) is 10.3. The number of cyclic esters (lactones) is 1. The SMILES string of the molecule is CO[C@@H](C)c1ncccc1-c1c2c3cc(ccc3n1CC(F)(F)F)-c1cnc(o1)C[C@H](NC(=O)[C@H](C(C)C)N(C)C(=O)C1([SiH3])CCN(C(=O)C#CC(C)(C)N(C)C)C1)C(=O)N1CCC[C@@]([SiH3])(N1)C(=O)OCC(C)(C)C2. The van der Waals surface area contributed by atoms with E-state index < -0.39 is 75.8 Å². The molecular weight excluding hydrogens is 1000 g/mol. The van der Waals surface area contributed by atoms with Crippen LogP contribution in [0.15, 0.2) is 47.1 Å². The molecule has 1 aromatic carbocycles. The first-order valence-electron chi connectivity index (χ1n) is 25.5. The number of pyridine rings is 1. The lowest BCUT2D eigenvalue weighted by Crippen LogP contribution is -2.67. The van der Waals surface area contributed by atoms with Crippen LogP contribution in [0.25, 0.3) is 33.5 Å². The van der Waals surface area contributed by atoms with Gasteiger partial charge in [-0.25, -0.2) is 10.4 Å². The van der Waals surface area contributed by atoms with Crippen molar-refractivity contribution in [3.05, 3.63) is 59.9 Å². The number of fused-ring (bicyclic) bond motifs is 6. The third-order valence-corrected chi connectivity index (χ3v) is 17.5. The summed E-state index contributed by atoms with van der Waals surface area (Å²) in [5.41, 5.74) is 4.34. The number of rotatable bonds is 10. The number of nitrogens with one attached hydrogen (secondary N) is 2. The van der Waals surface area contributed by atoms with E-state index in [2.05, 4.69) is 32.6 Å². The molecule has 7 rings (SSSR count). The maximum atomic E-state index is 14.9. The molecule has 1 unspecified atom stereocenters. The molecule has 0 radical (unpaired) electrons. The van der Waals surface area contributed by atoms with Crippen molar-refractivity contribution in [3.8, 4) is 34.4 Å². The van der Waals surface area contributed by atoms with E-state index in [9.17, 15) is 37.1 Å². The monoisotopic (exact) mass is 1080 g/mol. The number of ether oxygens (including phenoxy) is 2. The van der Waals surface area contributed by atoms with Gasteiger partial charge in [0.15, 0.2) is 11.7 Å². The molecule has 0 saturated carbocycles. The molecule has 3 aromatic heterocycles. The maximum absolute atomic E-state index is 14.9. The highest BCUT2D eigenvalue weighted by atomic mass is 28.1. The number of aromatic nitrogens is 3. The smallest absolute Gasteiger partial charge is 0.406 e. The van der Waals surface area contributed by atoms with E-state index in [0.29, 0.717) is 75.0 Å². The van der Waals surface area contributed by atoms with Gasteiger partial charge >= 0.3 is 12.1 Å². The molecule has 0 aliphatic carbocycles. The third kappa shape index (κ3) is 12.2. The van der Waals surface area contributed by atoms with Crippen molar-refractivity contribution in [3.63, 3.8) is 0 Å². The summed E-state index contributed by atoms with van der Waals surface area (Å²) in [4.78, 5) is 85.8. The van der Waals surface area contributed by atoms with Crippen LogP contribution in [-0.2, 0) is 52.8 Å². The van der Waals surface area contributed by atoms with Gasteiger partial charge in [0.2, 0.25) is 11.8 Å². The first-order valence-corrected chi connectivity index (χ1v) is 27.5. The predicted molar refractivity (Wildman–Crippen MR) is 284 cm³/mol. The highest BCUT2D eigenvalue weighted by Crippen LogP contribution is 2.43. The normalized spacial score (nSPS) is 22.4. The topological polar surface area (TPSA) is 185 Å². The fraction of sp³-hybridized carbons (Fsp3) is 0.566. The highest BCUT2D eigenvalue weighted by molar-refractivity contribution is 6.29. The zero-order valence-electron chi connectivity index (χ0n) is 45.5. The van der Waals surface area contributed by atoms with Crippen LogP contribution < -0.4 is 10.7 Å². The van der Waals surface area contributed by atoms with Crippen molar-refractivity contribution < 1.29 is 51.0 Å². The first-order chi connectivity index (χ1) is 35.0. The van der Waals surface area contributed by atoms with Crippen LogP contribution in [0.3, 0.4) is 0 Å². The highest BCUT2D eigenvalue weighted by Gasteiger charge is 2.47. The zero-order chi connectivity index (χ0) is 55.2. The lowest BCUT2D eigenvalue weighted by molar-refractivity contribution is -0.158.